The first-order valence-corrected chi connectivity index (χ1v) is 6.60. The van der Waals surface area contributed by atoms with Crippen molar-refractivity contribution < 1.29 is 13.2 Å². The number of benzene rings is 2. The van der Waals surface area contributed by atoms with Gasteiger partial charge in [0.15, 0.2) is 0 Å². The van der Waals surface area contributed by atoms with Crippen LogP contribution in [-0.4, -0.2) is 0 Å². The van der Waals surface area contributed by atoms with E-state index in [-0.39, 0.29) is 24.0 Å². The van der Waals surface area contributed by atoms with Gasteiger partial charge in [-0.1, -0.05) is 12.1 Å². The Labute approximate surface area is 115 Å². The highest BCUT2D eigenvalue weighted by atomic mass is 19.1. The summed E-state index contributed by atoms with van der Waals surface area (Å²) in [5, 5.41) is 3.18. The molecule has 0 fully saturated rings. The van der Waals surface area contributed by atoms with Crippen LogP contribution in [0, 0.1) is 17.5 Å². The molecule has 0 spiro atoms. The summed E-state index contributed by atoms with van der Waals surface area (Å²) < 4.78 is 40.2. The van der Waals surface area contributed by atoms with Crippen molar-refractivity contribution >= 4 is 0 Å². The predicted molar refractivity (Wildman–Crippen MR) is 70.7 cm³/mol. The van der Waals surface area contributed by atoms with Crippen molar-refractivity contribution in [1.29, 1.82) is 0 Å². The molecule has 0 heterocycles. The van der Waals surface area contributed by atoms with Crippen molar-refractivity contribution in [3.63, 3.8) is 0 Å². The Balaban J connectivity index is 1.75. The van der Waals surface area contributed by atoms with Gasteiger partial charge in [-0.15, -0.1) is 0 Å². The van der Waals surface area contributed by atoms with Crippen LogP contribution in [0.4, 0.5) is 13.2 Å². The van der Waals surface area contributed by atoms with E-state index in [1.807, 2.05) is 6.07 Å². The number of hydrogen-bond acceptors (Lipinski definition) is 1. The van der Waals surface area contributed by atoms with Crippen molar-refractivity contribution in [2.24, 2.45) is 0 Å². The van der Waals surface area contributed by atoms with Crippen LogP contribution in [0.3, 0.4) is 0 Å². The van der Waals surface area contributed by atoms with Crippen LogP contribution in [0.5, 0.6) is 0 Å². The zero-order chi connectivity index (χ0) is 14.1. The molecule has 1 atom stereocenters. The van der Waals surface area contributed by atoms with Gasteiger partial charge in [0.1, 0.15) is 17.5 Å². The van der Waals surface area contributed by atoms with Crippen molar-refractivity contribution in [3.05, 3.63) is 70.5 Å². The van der Waals surface area contributed by atoms with Crippen LogP contribution in [0.15, 0.2) is 36.4 Å². The van der Waals surface area contributed by atoms with E-state index >= 15 is 0 Å². The summed E-state index contributed by atoms with van der Waals surface area (Å²) in [6, 6.07) is 8.40. The van der Waals surface area contributed by atoms with Gasteiger partial charge in [-0.05, 0) is 48.2 Å². The third-order valence-electron chi connectivity index (χ3n) is 3.76. The van der Waals surface area contributed by atoms with Crippen LogP contribution in [-0.2, 0) is 13.0 Å². The standard InChI is InChI=1S/C16H14F3N/c17-11-4-6-14(18)10(8-11)9-20-16-7-5-12-13(16)2-1-3-15(12)19/h1-4,6,8,16,20H,5,7,9H2. The normalized spacial score (nSPS) is 17.2. The first kappa shape index (κ1) is 13.2. The Hall–Kier alpha value is -1.81. The highest BCUT2D eigenvalue weighted by Crippen LogP contribution is 2.32. The zero-order valence-corrected chi connectivity index (χ0v) is 10.8. The number of fused-ring (bicyclic) bond motifs is 1. The second-order valence-corrected chi connectivity index (χ2v) is 5.02. The molecular formula is C16H14F3N. The van der Waals surface area contributed by atoms with Gasteiger partial charge in [-0.25, -0.2) is 13.2 Å². The maximum absolute atomic E-state index is 13.6. The molecule has 1 aliphatic rings. The van der Waals surface area contributed by atoms with Crippen molar-refractivity contribution in [1.82, 2.24) is 5.32 Å². The fourth-order valence-corrected chi connectivity index (χ4v) is 2.73. The summed E-state index contributed by atoms with van der Waals surface area (Å²) in [4.78, 5) is 0. The monoisotopic (exact) mass is 277 g/mol. The molecule has 2 aromatic rings. The molecule has 0 saturated carbocycles. The summed E-state index contributed by atoms with van der Waals surface area (Å²) in [7, 11) is 0. The van der Waals surface area contributed by atoms with Gasteiger partial charge in [0.25, 0.3) is 0 Å². The van der Waals surface area contributed by atoms with Gasteiger partial charge in [0.2, 0.25) is 0 Å². The van der Waals surface area contributed by atoms with E-state index < -0.39 is 11.6 Å². The second-order valence-electron chi connectivity index (χ2n) is 5.02. The Kier molecular flexibility index (Phi) is 3.49. The minimum Gasteiger partial charge on any atom is -0.306 e. The number of halogens is 3. The Morgan fingerprint density at radius 3 is 2.75 bits per heavy atom. The Bertz CT molecular complexity index is 640. The molecule has 1 nitrogen and oxygen atoms in total. The van der Waals surface area contributed by atoms with Gasteiger partial charge in [0, 0.05) is 18.2 Å². The van der Waals surface area contributed by atoms with Crippen molar-refractivity contribution in [2.45, 2.75) is 25.4 Å². The Morgan fingerprint density at radius 2 is 1.90 bits per heavy atom. The van der Waals surface area contributed by atoms with Crippen LogP contribution in [0.2, 0.25) is 0 Å². The highest BCUT2D eigenvalue weighted by Gasteiger charge is 2.24. The largest absolute Gasteiger partial charge is 0.306 e. The van der Waals surface area contributed by atoms with E-state index in [9.17, 15) is 13.2 Å². The maximum atomic E-state index is 13.6. The smallest absolute Gasteiger partial charge is 0.127 e. The quantitative estimate of drug-likeness (QED) is 0.897. The molecule has 1 unspecified atom stereocenters. The molecule has 0 radical (unpaired) electrons. The average Bonchev–Trinajstić information content (AvgIpc) is 2.85. The van der Waals surface area contributed by atoms with Crippen LogP contribution >= 0.6 is 0 Å². The molecule has 0 amide bonds. The first-order chi connectivity index (χ1) is 9.65. The molecular weight excluding hydrogens is 263 g/mol. The van der Waals surface area contributed by atoms with Crippen LogP contribution < -0.4 is 5.32 Å². The van der Waals surface area contributed by atoms with Gasteiger partial charge in [-0.2, -0.15) is 0 Å². The molecule has 0 saturated heterocycles. The van der Waals surface area contributed by atoms with Crippen molar-refractivity contribution in [3.8, 4) is 0 Å². The second kappa shape index (κ2) is 5.29. The number of hydrogen-bond donors (Lipinski definition) is 1. The minimum atomic E-state index is -0.457. The van der Waals surface area contributed by atoms with E-state index in [0.29, 0.717) is 6.42 Å². The lowest BCUT2D eigenvalue weighted by Crippen LogP contribution is -2.19. The van der Waals surface area contributed by atoms with E-state index in [0.717, 1.165) is 29.7 Å². The maximum Gasteiger partial charge on any atom is 0.127 e. The molecule has 0 bridgehead atoms. The molecule has 1 aliphatic carbocycles. The minimum absolute atomic E-state index is 0.0108. The third kappa shape index (κ3) is 2.43. The zero-order valence-electron chi connectivity index (χ0n) is 10.8. The van der Waals surface area contributed by atoms with E-state index in [4.69, 9.17) is 0 Å². The summed E-state index contributed by atoms with van der Waals surface area (Å²) in [6.07, 6.45) is 1.44. The fraction of sp³-hybridized carbons (Fsp3) is 0.250. The lowest BCUT2D eigenvalue weighted by molar-refractivity contribution is 0.509. The predicted octanol–water partition coefficient (Wildman–Crippen LogP) is 3.88. The van der Waals surface area contributed by atoms with E-state index in [2.05, 4.69) is 5.32 Å². The molecule has 2 aromatic carbocycles. The van der Waals surface area contributed by atoms with Crippen molar-refractivity contribution in [2.75, 3.05) is 0 Å². The summed E-state index contributed by atoms with van der Waals surface area (Å²) in [5.74, 6) is -1.08. The van der Waals surface area contributed by atoms with Gasteiger partial charge in [0.05, 0.1) is 0 Å². The topological polar surface area (TPSA) is 12.0 Å². The first-order valence-electron chi connectivity index (χ1n) is 6.60. The molecule has 0 aromatic heterocycles. The SMILES string of the molecule is Fc1ccc(F)c(CNC2CCc3c(F)cccc32)c1. The molecule has 3 rings (SSSR count). The summed E-state index contributed by atoms with van der Waals surface area (Å²) in [6.45, 7) is 0.226. The number of nitrogens with one attached hydrogen (secondary N) is 1. The van der Waals surface area contributed by atoms with Crippen LogP contribution in [0.1, 0.15) is 29.2 Å². The lowest BCUT2D eigenvalue weighted by Gasteiger charge is -2.14. The third-order valence-corrected chi connectivity index (χ3v) is 3.76. The van der Waals surface area contributed by atoms with Gasteiger partial charge in [-0.3, -0.25) is 0 Å². The average molecular weight is 277 g/mol. The van der Waals surface area contributed by atoms with E-state index in [1.165, 1.54) is 12.1 Å². The molecule has 1 N–H and O–H groups in total. The summed E-state index contributed by atoms with van der Waals surface area (Å²) in [5.41, 5.74) is 1.93. The summed E-state index contributed by atoms with van der Waals surface area (Å²) >= 11 is 0. The number of rotatable bonds is 3. The molecule has 4 heteroatoms. The molecule has 0 aliphatic heterocycles. The molecule has 20 heavy (non-hydrogen) atoms. The van der Waals surface area contributed by atoms with Gasteiger partial charge < -0.3 is 5.32 Å². The van der Waals surface area contributed by atoms with Crippen LogP contribution in [0.25, 0.3) is 0 Å². The lowest BCUT2D eigenvalue weighted by atomic mass is 10.1. The fourth-order valence-electron chi connectivity index (χ4n) is 2.73. The Morgan fingerprint density at radius 1 is 1.05 bits per heavy atom. The highest BCUT2D eigenvalue weighted by molar-refractivity contribution is 5.35. The van der Waals surface area contributed by atoms with E-state index in [1.54, 1.807) is 6.07 Å². The molecule has 104 valence electrons. The van der Waals surface area contributed by atoms with Gasteiger partial charge >= 0.3 is 0 Å².